The minimum absolute atomic E-state index is 0.219. The lowest BCUT2D eigenvalue weighted by Gasteiger charge is -2.19. The largest absolute Gasteiger partial charge is 0.427 e. The summed E-state index contributed by atoms with van der Waals surface area (Å²) >= 11 is 0. The van der Waals surface area contributed by atoms with Crippen molar-refractivity contribution in [3.8, 4) is 0 Å². The van der Waals surface area contributed by atoms with Gasteiger partial charge in [0.15, 0.2) is 0 Å². The molecule has 4 heteroatoms. The van der Waals surface area contributed by atoms with E-state index >= 15 is 0 Å². The normalized spacial score (nSPS) is 14.6. The molecule has 0 aliphatic carbocycles. The Morgan fingerprint density at radius 2 is 2.17 bits per heavy atom. The Hall–Kier alpha value is -1.84. The van der Waals surface area contributed by atoms with E-state index < -0.39 is 5.63 Å². The first-order valence-electron chi connectivity index (χ1n) is 6.12. The lowest BCUT2D eigenvalue weighted by Crippen LogP contribution is -2.32. The van der Waals surface area contributed by atoms with E-state index in [0.29, 0.717) is 35.8 Å². The summed E-state index contributed by atoms with van der Waals surface area (Å²) in [7, 11) is 0. The highest BCUT2D eigenvalue weighted by atomic mass is 16.4. The molecule has 0 bridgehead atoms. The predicted octanol–water partition coefficient (Wildman–Crippen LogP) is 2.03. The van der Waals surface area contributed by atoms with Gasteiger partial charge in [0.05, 0.1) is 5.56 Å². The third-order valence-corrected chi connectivity index (χ3v) is 3.00. The van der Waals surface area contributed by atoms with Crippen LogP contribution in [0.1, 0.15) is 41.9 Å². The predicted molar refractivity (Wildman–Crippen MR) is 68.4 cm³/mol. The minimum atomic E-state index is -0.394. The van der Waals surface area contributed by atoms with Crippen LogP contribution in [-0.4, -0.2) is 5.91 Å². The highest BCUT2D eigenvalue weighted by Crippen LogP contribution is 2.22. The fourth-order valence-electron chi connectivity index (χ4n) is 2.09. The summed E-state index contributed by atoms with van der Waals surface area (Å²) in [6.07, 6.45) is 2.04. The molecule has 4 nitrogen and oxygen atoms in total. The van der Waals surface area contributed by atoms with E-state index in [1.807, 2.05) is 0 Å². The number of carbonyl (C=O) groups excluding carboxylic acids is 1. The number of nitrogens with one attached hydrogen (secondary N) is 1. The van der Waals surface area contributed by atoms with Crippen molar-refractivity contribution in [1.82, 2.24) is 5.32 Å². The van der Waals surface area contributed by atoms with Gasteiger partial charge in [0.25, 0.3) is 5.91 Å². The van der Waals surface area contributed by atoms with Crippen LogP contribution < -0.4 is 10.9 Å². The van der Waals surface area contributed by atoms with Crippen LogP contribution in [0, 0.1) is 5.92 Å². The number of hydrogen-bond donors (Lipinski definition) is 1. The van der Waals surface area contributed by atoms with Crippen LogP contribution in [0.15, 0.2) is 27.6 Å². The molecule has 2 heterocycles. The Kier molecular flexibility index (Phi) is 3.36. The number of aryl methyl sites for hydroxylation is 1. The van der Waals surface area contributed by atoms with E-state index in [2.05, 4.69) is 25.7 Å². The molecular formula is C14H17NO3. The average Bonchev–Trinajstić information content (AvgIpc) is 2.24. The maximum atomic E-state index is 11.9. The van der Waals surface area contributed by atoms with Gasteiger partial charge in [-0.1, -0.05) is 20.4 Å². The molecule has 2 rings (SSSR count). The fourth-order valence-corrected chi connectivity index (χ4v) is 2.09. The highest BCUT2D eigenvalue weighted by Gasteiger charge is 2.25. The SMILES string of the molecule is C=C1Cc2oc(=O)cc(CCC(C)C)c2C(=O)N1. The van der Waals surface area contributed by atoms with Gasteiger partial charge in [0.1, 0.15) is 5.76 Å². The molecule has 1 aromatic rings. The second kappa shape index (κ2) is 4.80. The zero-order chi connectivity index (χ0) is 13.3. The molecule has 0 aromatic carbocycles. The molecule has 18 heavy (non-hydrogen) atoms. The highest BCUT2D eigenvalue weighted by molar-refractivity contribution is 5.98. The van der Waals surface area contributed by atoms with E-state index in [4.69, 9.17) is 4.42 Å². The van der Waals surface area contributed by atoms with Gasteiger partial charge < -0.3 is 9.73 Å². The second-order valence-electron chi connectivity index (χ2n) is 5.06. The number of rotatable bonds is 3. The molecule has 0 atom stereocenters. The number of carbonyl (C=O) groups is 1. The summed E-state index contributed by atoms with van der Waals surface area (Å²) in [6.45, 7) is 7.92. The van der Waals surface area contributed by atoms with Gasteiger partial charge >= 0.3 is 5.63 Å². The molecule has 0 saturated heterocycles. The first kappa shape index (κ1) is 12.6. The van der Waals surface area contributed by atoms with E-state index in [1.165, 1.54) is 6.07 Å². The van der Waals surface area contributed by atoms with Crippen molar-refractivity contribution in [1.29, 1.82) is 0 Å². The summed E-state index contributed by atoms with van der Waals surface area (Å²) in [6, 6.07) is 1.43. The fraction of sp³-hybridized carbons (Fsp3) is 0.429. The maximum Gasteiger partial charge on any atom is 0.336 e. The van der Waals surface area contributed by atoms with Crippen LogP contribution in [0.5, 0.6) is 0 Å². The number of allylic oxidation sites excluding steroid dienone is 1. The number of hydrogen-bond acceptors (Lipinski definition) is 3. The van der Waals surface area contributed by atoms with Crippen molar-refractivity contribution >= 4 is 5.91 Å². The van der Waals surface area contributed by atoms with Crippen LogP contribution in [0.3, 0.4) is 0 Å². The molecule has 1 amide bonds. The second-order valence-corrected chi connectivity index (χ2v) is 5.06. The molecule has 0 spiro atoms. The minimum Gasteiger partial charge on any atom is -0.427 e. The van der Waals surface area contributed by atoms with E-state index in [1.54, 1.807) is 0 Å². The quantitative estimate of drug-likeness (QED) is 0.889. The van der Waals surface area contributed by atoms with E-state index in [9.17, 15) is 9.59 Å². The Morgan fingerprint density at radius 3 is 2.83 bits per heavy atom. The Morgan fingerprint density at radius 1 is 1.44 bits per heavy atom. The average molecular weight is 247 g/mol. The molecule has 0 saturated carbocycles. The third kappa shape index (κ3) is 2.53. The monoisotopic (exact) mass is 247 g/mol. The van der Waals surface area contributed by atoms with Gasteiger partial charge in [-0.25, -0.2) is 4.79 Å². The Bertz CT molecular complexity index is 555. The molecule has 1 aliphatic heterocycles. The van der Waals surface area contributed by atoms with Crippen molar-refractivity contribution in [2.75, 3.05) is 0 Å². The van der Waals surface area contributed by atoms with Crippen LogP contribution in [0.25, 0.3) is 0 Å². The van der Waals surface area contributed by atoms with Crippen LogP contribution in [0.2, 0.25) is 0 Å². The van der Waals surface area contributed by atoms with Crippen molar-refractivity contribution in [3.63, 3.8) is 0 Å². The molecular weight excluding hydrogens is 230 g/mol. The summed E-state index contributed by atoms with van der Waals surface area (Å²) in [5, 5.41) is 2.69. The third-order valence-electron chi connectivity index (χ3n) is 3.00. The first-order valence-corrected chi connectivity index (χ1v) is 6.12. The van der Waals surface area contributed by atoms with Crippen molar-refractivity contribution < 1.29 is 9.21 Å². The topological polar surface area (TPSA) is 59.3 Å². The number of fused-ring (bicyclic) bond motifs is 1. The smallest absolute Gasteiger partial charge is 0.336 e. The lowest BCUT2D eigenvalue weighted by atomic mass is 9.95. The zero-order valence-electron chi connectivity index (χ0n) is 10.7. The van der Waals surface area contributed by atoms with Gasteiger partial charge in [-0.05, 0) is 24.3 Å². The summed E-state index contributed by atoms with van der Waals surface area (Å²) in [4.78, 5) is 23.4. The summed E-state index contributed by atoms with van der Waals surface area (Å²) in [5.74, 6) is 0.744. The van der Waals surface area contributed by atoms with Crippen LogP contribution in [0.4, 0.5) is 0 Å². The maximum absolute atomic E-state index is 11.9. The van der Waals surface area contributed by atoms with E-state index in [0.717, 1.165) is 12.0 Å². The molecule has 1 aliphatic rings. The van der Waals surface area contributed by atoms with Crippen LogP contribution >= 0.6 is 0 Å². The van der Waals surface area contributed by atoms with Gasteiger partial charge in [0.2, 0.25) is 0 Å². The molecule has 0 fully saturated rings. The standard InChI is InChI=1S/C14H17NO3/c1-8(2)4-5-10-7-12(16)18-11-6-9(3)15-14(17)13(10)11/h7-8H,3-6H2,1-2H3,(H,15,17). The van der Waals surface area contributed by atoms with Gasteiger partial charge in [0, 0.05) is 18.2 Å². The van der Waals surface area contributed by atoms with E-state index in [-0.39, 0.29) is 5.91 Å². The van der Waals surface area contributed by atoms with Crippen LogP contribution in [-0.2, 0) is 12.8 Å². The van der Waals surface area contributed by atoms with Crippen molar-refractivity contribution in [2.45, 2.75) is 33.1 Å². The molecule has 96 valence electrons. The lowest BCUT2D eigenvalue weighted by molar-refractivity contribution is 0.0952. The Labute approximate surface area is 106 Å². The van der Waals surface area contributed by atoms with Gasteiger partial charge in [-0.2, -0.15) is 0 Å². The Balaban J connectivity index is 2.44. The van der Waals surface area contributed by atoms with Gasteiger partial charge in [-0.15, -0.1) is 0 Å². The van der Waals surface area contributed by atoms with Gasteiger partial charge in [-0.3, -0.25) is 4.79 Å². The number of amides is 1. The summed E-state index contributed by atoms with van der Waals surface area (Å²) < 4.78 is 5.11. The molecule has 0 unspecified atom stereocenters. The molecule has 0 radical (unpaired) electrons. The summed E-state index contributed by atoms with van der Waals surface area (Å²) in [5.41, 5.74) is 1.47. The first-order chi connectivity index (χ1) is 8.47. The zero-order valence-corrected chi connectivity index (χ0v) is 10.7. The van der Waals surface area contributed by atoms with Crippen molar-refractivity contribution in [2.24, 2.45) is 5.92 Å². The van der Waals surface area contributed by atoms with Crippen molar-refractivity contribution in [3.05, 3.63) is 45.6 Å². The molecule has 1 N–H and O–H groups in total. The molecule has 1 aromatic heterocycles.